The lowest BCUT2D eigenvalue weighted by atomic mass is 9.59. The first-order chi connectivity index (χ1) is 9.61. The summed E-state index contributed by atoms with van der Waals surface area (Å²) in [6, 6.07) is 0. The van der Waals surface area contributed by atoms with Gasteiger partial charge in [0.15, 0.2) is 0 Å². The third-order valence-electron chi connectivity index (χ3n) is 6.43. The van der Waals surface area contributed by atoms with Gasteiger partial charge in [0.2, 0.25) is 0 Å². The Balaban J connectivity index is 1.46. The fourth-order valence-electron chi connectivity index (χ4n) is 5.62. The third kappa shape index (κ3) is 1.52. The van der Waals surface area contributed by atoms with E-state index in [0.717, 1.165) is 25.2 Å². The Labute approximate surface area is 120 Å². The lowest BCUT2D eigenvalue weighted by Crippen LogP contribution is -2.43. The van der Waals surface area contributed by atoms with E-state index in [1.54, 1.807) is 0 Å². The minimum Gasteiger partial charge on any atom is -0.460 e. The van der Waals surface area contributed by atoms with E-state index in [2.05, 4.69) is 4.74 Å². The fourth-order valence-corrected chi connectivity index (χ4v) is 5.88. The zero-order valence-corrected chi connectivity index (χ0v) is 12.0. The minimum atomic E-state index is -5.78. The highest BCUT2D eigenvalue weighted by molar-refractivity contribution is 7.87. The molecule has 0 aromatic carbocycles. The van der Waals surface area contributed by atoms with Crippen LogP contribution in [0.3, 0.4) is 0 Å². The minimum absolute atomic E-state index is 0.151. The molecule has 0 aromatic rings. The molecule has 0 aliphatic heterocycles. The number of hydrogen-bond donors (Lipinski definition) is 1. The van der Waals surface area contributed by atoms with Gasteiger partial charge in [-0.2, -0.15) is 17.2 Å². The van der Waals surface area contributed by atoms with Crippen LogP contribution in [-0.2, 0) is 19.6 Å². The second-order valence-electron chi connectivity index (χ2n) is 7.29. The topological polar surface area (TPSA) is 80.7 Å². The SMILES string of the molecule is O=C(OCC12CC3CC4CC1(C2)C4C3)C(F)(F)S(=O)(=O)O. The predicted molar refractivity (Wildman–Crippen MR) is 65.9 cm³/mol. The molecule has 1 N–H and O–H groups in total. The molecule has 1 spiro atoms. The lowest BCUT2D eigenvalue weighted by molar-refractivity contribution is -0.165. The molecule has 118 valence electrons. The number of carbonyl (C=O) groups is 1. The number of esters is 1. The summed E-state index contributed by atoms with van der Waals surface area (Å²) in [5.41, 5.74) is -0.0726. The van der Waals surface area contributed by atoms with Crippen LogP contribution in [0.15, 0.2) is 0 Å². The summed E-state index contributed by atoms with van der Waals surface area (Å²) >= 11 is 0. The number of rotatable bonds is 4. The molecular formula is C13H16F2O5S. The Kier molecular flexibility index (Phi) is 2.37. The average Bonchev–Trinajstić information content (AvgIpc) is 2.95. The first-order valence-corrected chi connectivity index (χ1v) is 8.57. The van der Waals surface area contributed by atoms with Gasteiger partial charge in [-0.25, -0.2) is 4.79 Å². The van der Waals surface area contributed by atoms with Crippen molar-refractivity contribution in [1.82, 2.24) is 0 Å². The molecule has 0 amide bonds. The highest BCUT2D eigenvalue weighted by Gasteiger charge is 2.81. The van der Waals surface area contributed by atoms with Crippen molar-refractivity contribution < 1.29 is 31.3 Å². The van der Waals surface area contributed by atoms with E-state index in [4.69, 9.17) is 4.55 Å². The van der Waals surface area contributed by atoms with Crippen molar-refractivity contribution in [3.05, 3.63) is 0 Å². The van der Waals surface area contributed by atoms with Crippen LogP contribution in [0.1, 0.15) is 32.1 Å². The van der Waals surface area contributed by atoms with Crippen LogP contribution in [0.2, 0.25) is 0 Å². The van der Waals surface area contributed by atoms with Crippen molar-refractivity contribution in [3.8, 4) is 0 Å². The maximum Gasteiger partial charge on any atom is 0.465 e. The van der Waals surface area contributed by atoms with Crippen molar-refractivity contribution in [2.24, 2.45) is 28.6 Å². The summed E-state index contributed by atoms with van der Waals surface area (Å²) < 4.78 is 60.4. The van der Waals surface area contributed by atoms with Crippen LogP contribution < -0.4 is 0 Å². The first-order valence-electron chi connectivity index (χ1n) is 7.13. The Hall–Kier alpha value is -0.760. The van der Waals surface area contributed by atoms with Gasteiger partial charge in [-0.3, -0.25) is 4.55 Å². The number of halogens is 2. The number of ether oxygens (including phenoxy) is 1. The second-order valence-corrected chi connectivity index (χ2v) is 8.76. The van der Waals surface area contributed by atoms with E-state index in [1.807, 2.05) is 0 Å². The van der Waals surface area contributed by atoms with Crippen molar-refractivity contribution in [1.29, 1.82) is 0 Å². The predicted octanol–water partition coefficient (Wildman–Crippen LogP) is 1.84. The zero-order chi connectivity index (χ0) is 15.3. The summed E-state index contributed by atoms with van der Waals surface area (Å²) in [5.74, 6) is -0.208. The molecule has 5 nitrogen and oxygen atoms in total. The molecule has 0 heterocycles. The normalized spacial score (nSPS) is 46.5. The van der Waals surface area contributed by atoms with Crippen LogP contribution in [0.5, 0.6) is 0 Å². The molecule has 21 heavy (non-hydrogen) atoms. The van der Waals surface area contributed by atoms with E-state index in [9.17, 15) is 22.0 Å². The van der Waals surface area contributed by atoms with Gasteiger partial charge in [0.05, 0.1) is 6.61 Å². The number of hydrogen-bond acceptors (Lipinski definition) is 4. The van der Waals surface area contributed by atoms with Crippen LogP contribution in [0, 0.1) is 28.6 Å². The molecule has 0 radical (unpaired) electrons. The molecule has 5 unspecified atom stereocenters. The molecule has 4 rings (SSSR count). The van der Waals surface area contributed by atoms with Crippen molar-refractivity contribution >= 4 is 16.1 Å². The van der Waals surface area contributed by atoms with Gasteiger partial charge >= 0.3 is 21.3 Å². The van der Waals surface area contributed by atoms with Crippen molar-refractivity contribution in [2.75, 3.05) is 6.61 Å². The maximum absolute atomic E-state index is 13.2. The van der Waals surface area contributed by atoms with Crippen LogP contribution in [-0.4, -0.2) is 30.8 Å². The van der Waals surface area contributed by atoms with E-state index in [1.165, 1.54) is 12.8 Å². The second kappa shape index (κ2) is 3.59. The van der Waals surface area contributed by atoms with Crippen LogP contribution in [0.25, 0.3) is 0 Å². The van der Waals surface area contributed by atoms with E-state index in [0.29, 0.717) is 11.8 Å². The molecule has 4 fully saturated rings. The highest BCUT2D eigenvalue weighted by Crippen LogP contribution is 2.87. The van der Waals surface area contributed by atoms with Gasteiger partial charge < -0.3 is 4.74 Å². The van der Waals surface area contributed by atoms with Gasteiger partial charge in [-0.15, -0.1) is 0 Å². The Morgan fingerprint density at radius 2 is 2.05 bits per heavy atom. The summed E-state index contributed by atoms with van der Waals surface area (Å²) in [6.07, 6.45) is 5.23. The molecule has 4 aliphatic rings. The molecule has 0 saturated heterocycles. The largest absolute Gasteiger partial charge is 0.465 e. The van der Waals surface area contributed by atoms with E-state index in [-0.39, 0.29) is 17.4 Å². The van der Waals surface area contributed by atoms with Crippen LogP contribution >= 0.6 is 0 Å². The Bertz CT molecular complexity index is 632. The van der Waals surface area contributed by atoms with Gasteiger partial charge in [-0.1, -0.05) is 0 Å². The number of carbonyl (C=O) groups excluding carboxylic acids is 1. The first kappa shape index (κ1) is 13.9. The highest BCUT2D eigenvalue weighted by atomic mass is 32.2. The van der Waals surface area contributed by atoms with E-state index < -0.39 is 21.3 Å². The van der Waals surface area contributed by atoms with Gasteiger partial charge in [-0.05, 0) is 55.3 Å². The molecule has 2 bridgehead atoms. The summed E-state index contributed by atoms with van der Waals surface area (Å²) in [7, 11) is -5.78. The third-order valence-corrected chi connectivity index (χ3v) is 7.25. The standard InChI is InChI=1S/C13H16F2O5S/c14-13(15,21(17,18)19)10(16)20-6-11-3-7-1-8-4-12(11,5-11)9(8)2-7/h7-9H,1-6H2,(H,17,18,19). The molecule has 4 aliphatic carbocycles. The quantitative estimate of drug-likeness (QED) is 0.631. The van der Waals surface area contributed by atoms with E-state index >= 15 is 0 Å². The molecular weight excluding hydrogens is 306 g/mol. The summed E-state index contributed by atoms with van der Waals surface area (Å²) in [4.78, 5) is 11.3. The van der Waals surface area contributed by atoms with Crippen LogP contribution in [0.4, 0.5) is 8.78 Å². The van der Waals surface area contributed by atoms with Gasteiger partial charge in [0.1, 0.15) is 0 Å². The average molecular weight is 322 g/mol. The number of fused-ring (bicyclic) bond motifs is 1. The van der Waals surface area contributed by atoms with Gasteiger partial charge in [0.25, 0.3) is 0 Å². The lowest BCUT2D eigenvalue weighted by Gasteiger charge is -2.46. The smallest absolute Gasteiger partial charge is 0.460 e. The Morgan fingerprint density at radius 3 is 2.71 bits per heavy atom. The van der Waals surface area contributed by atoms with Gasteiger partial charge in [0, 0.05) is 5.41 Å². The number of alkyl halides is 2. The molecule has 8 heteroatoms. The molecule has 0 aromatic heterocycles. The zero-order valence-electron chi connectivity index (χ0n) is 11.2. The van der Waals surface area contributed by atoms with Crippen molar-refractivity contribution in [2.45, 2.75) is 37.4 Å². The maximum atomic E-state index is 13.2. The summed E-state index contributed by atoms with van der Waals surface area (Å²) in [6.45, 7) is -0.156. The molecule has 5 atom stereocenters. The fraction of sp³-hybridized carbons (Fsp3) is 0.923. The molecule has 4 saturated carbocycles. The summed E-state index contributed by atoms with van der Waals surface area (Å²) in [5, 5.41) is -4.89. The van der Waals surface area contributed by atoms with Crippen molar-refractivity contribution in [3.63, 3.8) is 0 Å². The Morgan fingerprint density at radius 1 is 1.33 bits per heavy atom. The monoisotopic (exact) mass is 322 g/mol.